The maximum atomic E-state index is 12.5. The number of anilines is 1. The number of nitrogens with one attached hydrogen (secondary N) is 1. The van der Waals surface area contributed by atoms with Crippen LogP contribution in [0.5, 0.6) is 5.75 Å². The molecular formula is C17H23N5O3. The Hall–Kier alpha value is -2.61. The van der Waals surface area contributed by atoms with Gasteiger partial charge in [0.1, 0.15) is 11.4 Å². The van der Waals surface area contributed by atoms with E-state index in [1.165, 1.54) is 0 Å². The predicted molar refractivity (Wildman–Crippen MR) is 92.6 cm³/mol. The van der Waals surface area contributed by atoms with Gasteiger partial charge in [0.25, 0.3) is 0 Å². The lowest BCUT2D eigenvalue weighted by atomic mass is 10.3. The molecule has 1 saturated heterocycles. The number of ether oxygens (including phenoxy) is 2. The Bertz CT molecular complexity index is 718. The van der Waals surface area contributed by atoms with Crippen LogP contribution in [-0.4, -0.2) is 52.7 Å². The van der Waals surface area contributed by atoms with Gasteiger partial charge in [-0.3, -0.25) is 0 Å². The number of methoxy groups -OCH3 is 1. The summed E-state index contributed by atoms with van der Waals surface area (Å²) >= 11 is 0. The molecule has 1 aliphatic rings. The first kappa shape index (κ1) is 17.2. The zero-order valence-corrected chi connectivity index (χ0v) is 14.5. The Morgan fingerprint density at radius 2 is 2.24 bits per heavy atom. The van der Waals surface area contributed by atoms with Crippen LogP contribution >= 0.6 is 0 Å². The predicted octanol–water partition coefficient (Wildman–Crippen LogP) is 2.30. The molecule has 25 heavy (non-hydrogen) atoms. The van der Waals surface area contributed by atoms with Crippen LogP contribution in [0.4, 0.5) is 10.5 Å². The highest BCUT2D eigenvalue weighted by atomic mass is 16.5. The Morgan fingerprint density at radius 1 is 1.40 bits per heavy atom. The van der Waals surface area contributed by atoms with Gasteiger partial charge < -0.3 is 19.7 Å². The third-order valence-electron chi connectivity index (χ3n) is 4.10. The lowest BCUT2D eigenvalue weighted by Gasteiger charge is -2.18. The highest BCUT2D eigenvalue weighted by Crippen LogP contribution is 2.26. The average Bonchev–Trinajstić information content (AvgIpc) is 3.26. The Morgan fingerprint density at radius 3 is 3.04 bits per heavy atom. The Labute approximate surface area is 146 Å². The highest BCUT2D eigenvalue weighted by Gasteiger charge is 2.28. The summed E-state index contributed by atoms with van der Waals surface area (Å²) in [5.74, 6) is 0.676. The molecule has 8 heteroatoms. The van der Waals surface area contributed by atoms with Crippen LogP contribution in [-0.2, 0) is 11.3 Å². The van der Waals surface area contributed by atoms with Gasteiger partial charge in [0.2, 0.25) is 0 Å². The number of urea groups is 1. The maximum absolute atomic E-state index is 12.5. The lowest BCUT2D eigenvalue weighted by Crippen LogP contribution is -2.33. The molecule has 1 atom stereocenters. The van der Waals surface area contributed by atoms with Gasteiger partial charge >= 0.3 is 6.03 Å². The maximum Gasteiger partial charge on any atom is 0.322 e. The van der Waals surface area contributed by atoms with Gasteiger partial charge in [-0.05, 0) is 25.5 Å². The lowest BCUT2D eigenvalue weighted by molar-refractivity contribution is 0.181. The van der Waals surface area contributed by atoms with Gasteiger partial charge in [0.05, 0.1) is 31.1 Å². The van der Waals surface area contributed by atoms with Crippen LogP contribution in [0.1, 0.15) is 25.1 Å². The number of hydrogen-bond donors (Lipinski definition) is 1. The van der Waals surface area contributed by atoms with Gasteiger partial charge in [-0.15, -0.1) is 5.10 Å². The van der Waals surface area contributed by atoms with Crippen molar-refractivity contribution in [3.8, 4) is 5.75 Å². The van der Waals surface area contributed by atoms with Crippen molar-refractivity contribution >= 4 is 11.7 Å². The number of aromatic nitrogens is 3. The molecular weight excluding hydrogens is 322 g/mol. The van der Waals surface area contributed by atoms with E-state index in [9.17, 15) is 4.79 Å². The molecule has 1 fully saturated rings. The molecule has 1 aromatic heterocycles. The Balaban J connectivity index is 1.60. The number of carbonyl (C=O) groups excluding carboxylic acids is 1. The molecule has 2 aromatic rings. The average molecular weight is 345 g/mol. The second-order valence-corrected chi connectivity index (χ2v) is 5.87. The summed E-state index contributed by atoms with van der Waals surface area (Å²) in [6.45, 7) is 4.17. The van der Waals surface area contributed by atoms with Crippen LogP contribution in [0.3, 0.4) is 0 Å². The molecule has 1 N–H and O–H groups in total. The van der Waals surface area contributed by atoms with Crippen molar-refractivity contribution < 1.29 is 14.3 Å². The summed E-state index contributed by atoms with van der Waals surface area (Å²) in [5, 5.41) is 11.1. The molecule has 1 aromatic carbocycles. The summed E-state index contributed by atoms with van der Waals surface area (Å²) in [5.41, 5.74) is 1.47. The van der Waals surface area contributed by atoms with Crippen LogP contribution in [0.15, 0.2) is 30.5 Å². The monoisotopic (exact) mass is 345 g/mol. The fourth-order valence-electron chi connectivity index (χ4n) is 2.89. The Kier molecular flexibility index (Phi) is 5.49. The molecule has 0 saturated carbocycles. The van der Waals surface area contributed by atoms with Gasteiger partial charge in [-0.1, -0.05) is 17.3 Å². The van der Waals surface area contributed by atoms with Gasteiger partial charge in [0, 0.05) is 20.2 Å². The standard InChI is InChI=1S/C17H23N5O3/c1-3-25-16-7-5-4-6-15(16)18-17(23)21-9-8-14(11-21)22-10-13(12-24-2)19-20-22/h4-7,10,14H,3,8-9,11-12H2,1-2H3,(H,18,23). The molecule has 0 bridgehead atoms. The van der Waals surface area contributed by atoms with Gasteiger partial charge in [-0.2, -0.15) is 0 Å². The number of likely N-dealkylation sites (tertiary alicyclic amines) is 1. The molecule has 0 radical (unpaired) electrons. The molecule has 1 aliphatic heterocycles. The van der Waals surface area contributed by atoms with E-state index >= 15 is 0 Å². The van der Waals surface area contributed by atoms with E-state index in [0.29, 0.717) is 37.7 Å². The second-order valence-electron chi connectivity index (χ2n) is 5.87. The van der Waals surface area contributed by atoms with Crippen molar-refractivity contribution in [1.82, 2.24) is 19.9 Å². The topological polar surface area (TPSA) is 81.5 Å². The van der Waals surface area contributed by atoms with Crippen LogP contribution in [0.2, 0.25) is 0 Å². The van der Waals surface area contributed by atoms with E-state index in [2.05, 4.69) is 15.6 Å². The largest absolute Gasteiger partial charge is 0.492 e. The zero-order chi connectivity index (χ0) is 17.6. The second kappa shape index (κ2) is 7.98. The summed E-state index contributed by atoms with van der Waals surface area (Å²) in [4.78, 5) is 14.3. The van der Waals surface area contributed by atoms with Crippen LogP contribution in [0, 0.1) is 0 Å². The van der Waals surface area contributed by atoms with Crippen molar-refractivity contribution in [3.63, 3.8) is 0 Å². The molecule has 0 spiro atoms. The van der Waals surface area contributed by atoms with Crippen molar-refractivity contribution in [2.24, 2.45) is 0 Å². The van der Waals surface area contributed by atoms with Crippen LogP contribution < -0.4 is 10.1 Å². The summed E-state index contributed by atoms with van der Waals surface area (Å²) in [7, 11) is 1.63. The molecule has 134 valence electrons. The fraction of sp³-hybridized carbons (Fsp3) is 0.471. The van der Waals surface area contributed by atoms with E-state index in [1.54, 1.807) is 12.0 Å². The molecule has 8 nitrogen and oxygen atoms in total. The van der Waals surface area contributed by atoms with Crippen LogP contribution in [0.25, 0.3) is 0 Å². The van der Waals surface area contributed by atoms with Crippen molar-refractivity contribution in [2.75, 3.05) is 32.1 Å². The highest BCUT2D eigenvalue weighted by molar-refractivity contribution is 5.91. The summed E-state index contributed by atoms with van der Waals surface area (Å²) in [6, 6.07) is 7.44. The van der Waals surface area contributed by atoms with Crippen molar-refractivity contribution in [1.29, 1.82) is 0 Å². The number of nitrogens with zero attached hydrogens (tertiary/aromatic N) is 4. The fourth-order valence-corrected chi connectivity index (χ4v) is 2.89. The molecule has 2 amide bonds. The van der Waals surface area contributed by atoms with Crippen molar-refractivity contribution in [3.05, 3.63) is 36.2 Å². The summed E-state index contributed by atoms with van der Waals surface area (Å²) < 4.78 is 12.4. The first-order valence-electron chi connectivity index (χ1n) is 8.38. The minimum Gasteiger partial charge on any atom is -0.492 e. The van der Waals surface area contributed by atoms with Gasteiger partial charge in [-0.25, -0.2) is 9.48 Å². The van der Waals surface area contributed by atoms with Crippen molar-refractivity contribution in [2.45, 2.75) is 26.0 Å². The summed E-state index contributed by atoms with van der Waals surface area (Å²) in [6.07, 6.45) is 2.72. The molecule has 2 heterocycles. The first-order chi connectivity index (χ1) is 12.2. The molecule has 3 rings (SSSR count). The zero-order valence-electron chi connectivity index (χ0n) is 14.5. The van der Waals surface area contributed by atoms with E-state index in [4.69, 9.17) is 9.47 Å². The minimum absolute atomic E-state index is 0.131. The smallest absolute Gasteiger partial charge is 0.322 e. The number of benzene rings is 1. The third-order valence-corrected chi connectivity index (χ3v) is 4.10. The number of rotatable bonds is 6. The first-order valence-corrected chi connectivity index (χ1v) is 8.38. The normalized spacial score (nSPS) is 16.9. The third kappa shape index (κ3) is 4.08. The van der Waals surface area contributed by atoms with E-state index < -0.39 is 0 Å². The molecule has 1 unspecified atom stereocenters. The number of para-hydroxylation sites is 2. The molecule has 0 aliphatic carbocycles. The van der Waals surface area contributed by atoms with E-state index in [1.807, 2.05) is 42.1 Å². The van der Waals surface area contributed by atoms with Gasteiger partial charge in [0.15, 0.2) is 0 Å². The quantitative estimate of drug-likeness (QED) is 0.869. The van der Waals surface area contributed by atoms with E-state index in [0.717, 1.165) is 12.1 Å². The SMILES string of the molecule is CCOc1ccccc1NC(=O)N1CCC(n2cc(COC)nn2)C1. The number of amides is 2. The number of hydrogen-bond acceptors (Lipinski definition) is 5. The number of carbonyl (C=O) groups is 1. The minimum atomic E-state index is -0.133. The van der Waals surface area contributed by atoms with E-state index in [-0.39, 0.29) is 12.1 Å².